The lowest BCUT2D eigenvalue weighted by Crippen LogP contribution is -2.60. The molecule has 0 aromatic heterocycles. The molecule has 0 spiro atoms. The monoisotopic (exact) mass is 388 g/mol. The van der Waals surface area contributed by atoms with Crippen LogP contribution < -0.4 is 16.0 Å². The number of ether oxygens (including phenoxy) is 1. The minimum atomic E-state index is -1.26. The number of amides is 3. The van der Waals surface area contributed by atoms with Gasteiger partial charge in [-0.05, 0) is 18.6 Å². The summed E-state index contributed by atoms with van der Waals surface area (Å²) in [6, 6.07) is 4.11. The molecule has 3 heterocycles. The summed E-state index contributed by atoms with van der Waals surface area (Å²) in [5.41, 5.74) is 1.72. The molecule has 0 aliphatic carbocycles. The van der Waals surface area contributed by atoms with Gasteiger partial charge in [0.1, 0.15) is 6.54 Å². The van der Waals surface area contributed by atoms with Crippen LogP contribution in [0.1, 0.15) is 35.2 Å². The minimum absolute atomic E-state index is 0.0722. The lowest BCUT2D eigenvalue weighted by atomic mass is 10.0. The summed E-state index contributed by atoms with van der Waals surface area (Å²) < 4.78 is 4.42. The van der Waals surface area contributed by atoms with E-state index in [0.717, 1.165) is 25.2 Å². The Hall–Kier alpha value is -2.33. The molecule has 3 amide bonds. The number of fused-ring (bicyclic) bond motifs is 1. The second-order valence-electron chi connectivity index (χ2n) is 7.47. The number of rotatable bonds is 5. The third kappa shape index (κ3) is 3.42. The quantitative estimate of drug-likeness (QED) is 0.376. The number of benzene rings is 1. The van der Waals surface area contributed by atoms with Crippen molar-refractivity contribution in [2.75, 3.05) is 31.6 Å². The average molecular weight is 388 g/mol. The molecule has 3 aliphatic rings. The van der Waals surface area contributed by atoms with Gasteiger partial charge in [-0.15, -0.1) is 0 Å². The Bertz CT molecular complexity index is 808. The van der Waals surface area contributed by atoms with E-state index in [2.05, 4.69) is 16.0 Å². The van der Waals surface area contributed by atoms with Gasteiger partial charge in [-0.3, -0.25) is 19.6 Å². The van der Waals surface area contributed by atoms with Gasteiger partial charge in [-0.25, -0.2) is 4.79 Å². The Morgan fingerprint density at radius 3 is 2.89 bits per heavy atom. The summed E-state index contributed by atoms with van der Waals surface area (Å²) >= 11 is 0. The summed E-state index contributed by atoms with van der Waals surface area (Å²) in [7, 11) is 0. The van der Waals surface area contributed by atoms with E-state index in [4.69, 9.17) is 4.74 Å². The highest BCUT2D eigenvalue weighted by molar-refractivity contribution is 6.02. The van der Waals surface area contributed by atoms with E-state index in [1.54, 1.807) is 12.1 Å². The molecule has 2 unspecified atom stereocenters. The summed E-state index contributed by atoms with van der Waals surface area (Å²) in [6.07, 6.45) is 1.10. The molecule has 3 N–H and O–H groups in total. The van der Waals surface area contributed by atoms with Crippen LogP contribution >= 0.6 is 0 Å². The Labute approximate surface area is 162 Å². The molecule has 3 aliphatic heterocycles. The van der Waals surface area contributed by atoms with E-state index in [1.165, 1.54) is 0 Å². The minimum Gasteiger partial charge on any atom is -0.624 e. The molecule has 2 fully saturated rings. The molecule has 0 radical (unpaired) electrons. The fraction of sp³-hybridized carbons (Fsp3) is 0.526. The maximum atomic E-state index is 13.4. The molecule has 9 nitrogen and oxygen atoms in total. The van der Waals surface area contributed by atoms with Gasteiger partial charge in [0.15, 0.2) is 6.04 Å². The number of hydrogen-bond donors (Lipinski definition) is 3. The molecule has 9 heteroatoms. The Balaban J connectivity index is 1.48. The third-order valence-electron chi connectivity index (χ3n) is 5.64. The van der Waals surface area contributed by atoms with Crippen molar-refractivity contribution in [2.45, 2.75) is 38.0 Å². The van der Waals surface area contributed by atoms with Crippen LogP contribution in [0, 0.1) is 5.21 Å². The second kappa shape index (κ2) is 7.59. The molecule has 0 saturated carbocycles. The Kier molecular flexibility index (Phi) is 5.15. The van der Waals surface area contributed by atoms with E-state index in [-0.39, 0.29) is 25.5 Å². The number of nitrogens with one attached hydrogen (secondary N) is 3. The molecular weight excluding hydrogens is 364 g/mol. The topological polar surface area (TPSA) is 120 Å². The predicted molar refractivity (Wildman–Crippen MR) is 100.0 cm³/mol. The van der Waals surface area contributed by atoms with E-state index < -0.39 is 28.4 Å². The van der Waals surface area contributed by atoms with Crippen molar-refractivity contribution in [3.05, 3.63) is 34.5 Å². The van der Waals surface area contributed by atoms with Gasteiger partial charge in [0.05, 0.1) is 18.3 Å². The van der Waals surface area contributed by atoms with Crippen LogP contribution in [-0.4, -0.2) is 60.8 Å². The van der Waals surface area contributed by atoms with Crippen molar-refractivity contribution < 1.29 is 23.8 Å². The molecule has 0 bridgehead atoms. The second-order valence-corrected chi connectivity index (χ2v) is 7.47. The fourth-order valence-electron chi connectivity index (χ4n) is 4.14. The number of piperidine rings is 1. The van der Waals surface area contributed by atoms with Crippen molar-refractivity contribution >= 4 is 23.4 Å². The van der Waals surface area contributed by atoms with Crippen LogP contribution in [0.25, 0.3) is 0 Å². The van der Waals surface area contributed by atoms with Gasteiger partial charge < -0.3 is 20.6 Å². The van der Waals surface area contributed by atoms with Crippen LogP contribution in [-0.2, 0) is 20.9 Å². The number of quaternary nitrogens is 1. The van der Waals surface area contributed by atoms with Crippen molar-refractivity contribution in [3.63, 3.8) is 0 Å². The standard InChI is InChI=1S/C19H24N4O5/c24-17-5-4-16(18(25)22-17)23(27)11-14-13(19(23)26)2-1-3-15(14)21-7-6-12-10-20-8-9-28-12/h1-3,12,16,20-21H,4-11H2,(H,22,24,25)/t12-,16?,23?/m0/s1. The zero-order chi connectivity index (χ0) is 19.7. The summed E-state index contributed by atoms with van der Waals surface area (Å²) in [6.45, 7) is 2.91. The number of hydrogen-bond acceptors (Lipinski definition) is 7. The first-order valence-corrected chi connectivity index (χ1v) is 9.64. The zero-order valence-electron chi connectivity index (χ0n) is 15.5. The molecule has 150 valence electrons. The van der Waals surface area contributed by atoms with Crippen molar-refractivity contribution in [1.82, 2.24) is 10.6 Å². The molecular formula is C19H24N4O5. The molecule has 3 atom stereocenters. The first kappa shape index (κ1) is 19.0. The van der Waals surface area contributed by atoms with Gasteiger partial charge in [-0.1, -0.05) is 6.07 Å². The van der Waals surface area contributed by atoms with Gasteiger partial charge >= 0.3 is 5.91 Å². The number of nitrogens with zero attached hydrogens (tertiary/aromatic N) is 1. The van der Waals surface area contributed by atoms with Gasteiger partial charge in [0.25, 0.3) is 5.91 Å². The van der Waals surface area contributed by atoms with Crippen LogP contribution in [0.4, 0.5) is 5.69 Å². The van der Waals surface area contributed by atoms with Crippen LogP contribution in [0.15, 0.2) is 18.2 Å². The van der Waals surface area contributed by atoms with E-state index in [1.807, 2.05) is 6.07 Å². The maximum absolute atomic E-state index is 13.4. The van der Waals surface area contributed by atoms with Crippen molar-refractivity contribution in [3.8, 4) is 0 Å². The maximum Gasteiger partial charge on any atom is 0.347 e. The SMILES string of the molecule is O=C1CCC([N+]2([O-])Cc3c(NCC[C@H]4CNCCO4)cccc3C2=O)C(=O)N1. The number of carbonyl (C=O) groups excluding carboxylic acids is 3. The third-order valence-corrected chi connectivity index (χ3v) is 5.64. The molecule has 28 heavy (non-hydrogen) atoms. The highest BCUT2D eigenvalue weighted by Gasteiger charge is 2.50. The molecule has 4 rings (SSSR count). The lowest BCUT2D eigenvalue weighted by Gasteiger charge is -2.42. The van der Waals surface area contributed by atoms with Crippen LogP contribution in [0.2, 0.25) is 0 Å². The first-order valence-electron chi connectivity index (χ1n) is 9.64. The number of hydroxylamine groups is 3. The lowest BCUT2D eigenvalue weighted by molar-refractivity contribution is -0.825. The summed E-state index contributed by atoms with van der Waals surface area (Å²) in [5, 5.41) is 22.2. The van der Waals surface area contributed by atoms with Crippen molar-refractivity contribution in [2.24, 2.45) is 0 Å². The van der Waals surface area contributed by atoms with E-state index in [0.29, 0.717) is 24.3 Å². The highest BCUT2D eigenvalue weighted by atomic mass is 16.6. The van der Waals surface area contributed by atoms with E-state index >= 15 is 0 Å². The van der Waals surface area contributed by atoms with Crippen molar-refractivity contribution in [1.29, 1.82) is 0 Å². The Morgan fingerprint density at radius 2 is 2.14 bits per heavy atom. The fourth-order valence-corrected chi connectivity index (χ4v) is 4.14. The van der Waals surface area contributed by atoms with Crippen LogP contribution in [0.3, 0.4) is 0 Å². The molecule has 2 saturated heterocycles. The number of morpholine rings is 1. The summed E-state index contributed by atoms with van der Waals surface area (Å²) in [4.78, 5) is 36.4. The average Bonchev–Trinajstić information content (AvgIpc) is 2.95. The largest absolute Gasteiger partial charge is 0.624 e. The highest BCUT2D eigenvalue weighted by Crippen LogP contribution is 2.37. The first-order chi connectivity index (χ1) is 13.5. The molecule has 1 aromatic carbocycles. The molecule has 1 aromatic rings. The van der Waals surface area contributed by atoms with Crippen LogP contribution in [0.5, 0.6) is 0 Å². The van der Waals surface area contributed by atoms with Gasteiger partial charge in [0.2, 0.25) is 5.91 Å². The predicted octanol–water partition coefficient (Wildman–Crippen LogP) is 0.251. The van der Waals surface area contributed by atoms with Gasteiger partial charge in [-0.2, -0.15) is 0 Å². The Morgan fingerprint density at radius 1 is 1.29 bits per heavy atom. The normalized spacial score (nSPS) is 30.1. The zero-order valence-corrected chi connectivity index (χ0v) is 15.5. The summed E-state index contributed by atoms with van der Waals surface area (Å²) in [5.74, 6) is -1.68. The number of anilines is 1. The smallest absolute Gasteiger partial charge is 0.347 e. The number of carbonyl (C=O) groups is 3. The van der Waals surface area contributed by atoms with E-state index in [9.17, 15) is 19.6 Å². The van der Waals surface area contributed by atoms with Gasteiger partial charge in [0, 0.05) is 43.7 Å². The number of imide groups is 1.